The predicted molar refractivity (Wildman–Crippen MR) is 138 cm³/mol. The molecule has 3 aromatic rings. The van der Waals surface area contributed by atoms with Crippen LogP contribution in [0, 0.1) is 5.82 Å². The maximum Gasteiger partial charge on any atom is 0.254 e. The summed E-state index contributed by atoms with van der Waals surface area (Å²) >= 11 is 0. The number of rotatable bonds is 7. The first-order valence-corrected chi connectivity index (χ1v) is 12.6. The Morgan fingerprint density at radius 3 is 2.35 bits per heavy atom. The average Bonchev–Trinajstić information content (AvgIpc) is 3.79. The summed E-state index contributed by atoms with van der Waals surface area (Å²) in [6, 6.07) is 17.2. The normalized spacial score (nSPS) is 15.7. The van der Waals surface area contributed by atoms with E-state index in [0.29, 0.717) is 25.2 Å². The van der Waals surface area contributed by atoms with Crippen LogP contribution >= 0.6 is 0 Å². The molecule has 2 aliphatic rings. The van der Waals surface area contributed by atoms with Crippen molar-refractivity contribution in [2.24, 2.45) is 0 Å². The smallest absolute Gasteiger partial charge is 0.254 e. The number of methoxy groups -OCH3 is 1. The quantitative estimate of drug-likeness (QED) is 0.490. The minimum absolute atomic E-state index is 0.0389. The van der Waals surface area contributed by atoms with Crippen LogP contribution in [0.3, 0.4) is 0 Å². The number of aromatic nitrogens is 2. The Kier molecular flexibility index (Phi) is 7.30. The van der Waals surface area contributed by atoms with Crippen molar-refractivity contribution in [1.82, 2.24) is 20.0 Å². The number of nitrogens with zero attached hydrogens (tertiary/aromatic N) is 5. The number of ether oxygens (including phenoxy) is 1. The molecule has 192 valence electrons. The fourth-order valence-corrected chi connectivity index (χ4v) is 4.56. The summed E-state index contributed by atoms with van der Waals surface area (Å²) in [6.07, 6.45) is 2.57. The molecule has 5 rings (SSSR count). The highest BCUT2D eigenvalue weighted by atomic mass is 19.1. The van der Waals surface area contributed by atoms with Gasteiger partial charge < -0.3 is 19.4 Å². The van der Waals surface area contributed by atoms with E-state index in [1.165, 1.54) is 24.3 Å². The van der Waals surface area contributed by atoms with E-state index >= 15 is 0 Å². The van der Waals surface area contributed by atoms with Crippen LogP contribution in [0.5, 0.6) is 5.75 Å². The largest absolute Gasteiger partial charge is 0.497 e. The van der Waals surface area contributed by atoms with E-state index < -0.39 is 0 Å². The Morgan fingerprint density at radius 2 is 1.70 bits per heavy atom. The zero-order valence-corrected chi connectivity index (χ0v) is 20.8. The van der Waals surface area contributed by atoms with Crippen LogP contribution in [-0.4, -0.2) is 77.7 Å². The predicted octanol–water partition coefficient (Wildman–Crippen LogP) is 3.63. The van der Waals surface area contributed by atoms with Gasteiger partial charge in [-0.25, -0.2) is 4.39 Å². The zero-order chi connectivity index (χ0) is 25.8. The maximum absolute atomic E-state index is 13.3. The first-order chi connectivity index (χ1) is 18.0. The molecule has 1 saturated carbocycles. The second-order valence-corrected chi connectivity index (χ2v) is 9.40. The van der Waals surface area contributed by atoms with E-state index in [9.17, 15) is 14.0 Å². The van der Waals surface area contributed by atoms with Crippen LogP contribution in [0.2, 0.25) is 0 Å². The molecule has 0 unspecified atom stereocenters. The Balaban J connectivity index is 1.19. The number of halogens is 1. The van der Waals surface area contributed by atoms with Crippen LogP contribution in [0.4, 0.5) is 10.2 Å². The summed E-state index contributed by atoms with van der Waals surface area (Å²) in [5.41, 5.74) is 2.15. The topological polar surface area (TPSA) is 78.9 Å². The lowest BCUT2D eigenvalue weighted by atomic mass is 10.1. The molecule has 0 N–H and O–H groups in total. The summed E-state index contributed by atoms with van der Waals surface area (Å²) < 4.78 is 18.5. The average molecular weight is 504 g/mol. The maximum atomic E-state index is 13.3. The molecule has 0 spiro atoms. The molecule has 8 nitrogen and oxygen atoms in total. The summed E-state index contributed by atoms with van der Waals surface area (Å²) in [5, 5.41) is 8.84. The van der Waals surface area contributed by atoms with Crippen molar-refractivity contribution in [2.45, 2.75) is 25.3 Å². The van der Waals surface area contributed by atoms with Gasteiger partial charge in [0.1, 0.15) is 18.1 Å². The lowest BCUT2D eigenvalue weighted by Gasteiger charge is -2.27. The van der Waals surface area contributed by atoms with Gasteiger partial charge in [0.15, 0.2) is 5.82 Å². The molecule has 37 heavy (non-hydrogen) atoms. The highest BCUT2D eigenvalue weighted by molar-refractivity contribution is 5.97. The van der Waals surface area contributed by atoms with Gasteiger partial charge >= 0.3 is 0 Å². The molecule has 2 heterocycles. The molecular weight excluding hydrogens is 473 g/mol. The van der Waals surface area contributed by atoms with Gasteiger partial charge in [-0.05, 0) is 79.9 Å². The zero-order valence-electron chi connectivity index (χ0n) is 20.8. The third kappa shape index (κ3) is 5.87. The lowest BCUT2D eigenvalue weighted by Crippen LogP contribution is -2.45. The third-order valence-electron chi connectivity index (χ3n) is 6.85. The fourth-order valence-electron chi connectivity index (χ4n) is 4.56. The van der Waals surface area contributed by atoms with Crippen LogP contribution < -0.4 is 9.64 Å². The summed E-state index contributed by atoms with van der Waals surface area (Å²) in [6.45, 7) is 2.61. The Bertz CT molecular complexity index is 1230. The van der Waals surface area contributed by atoms with Crippen LogP contribution in [0.15, 0.2) is 60.7 Å². The van der Waals surface area contributed by atoms with E-state index in [0.717, 1.165) is 48.6 Å². The number of carbonyl (C=O) groups excluding carboxylic acids is 2. The van der Waals surface area contributed by atoms with Crippen LogP contribution in [-0.2, 0) is 4.79 Å². The molecule has 9 heteroatoms. The molecule has 2 aromatic carbocycles. The highest BCUT2D eigenvalue weighted by Crippen LogP contribution is 2.28. The van der Waals surface area contributed by atoms with Gasteiger partial charge in [0, 0.05) is 43.3 Å². The van der Waals surface area contributed by atoms with Crippen LogP contribution in [0.1, 0.15) is 29.6 Å². The third-order valence-corrected chi connectivity index (χ3v) is 6.85. The molecule has 1 aliphatic carbocycles. The number of carbonyl (C=O) groups is 2. The minimum Gasteiger partial charge on any atom is -0.497 e. The molecule has 1 aliphatic heterocycles. The number of amides is 2. The second kappa shape index (κ2) is 10.9. The summed E-state index contributed by atoms with van der Waals surface area (Å²) in [7, 11) is 1.64. The first-order valence-electron chi connectivity index (χ1n) is 12.6. The standard InChI is InChI=1S/C28H30FN5O3/c1-37-24-11-5-20(6-12-24)25-13-14-26(31-30-25)32-15-2-16-33(18-17-32)27(35)19-34(23-9-10-23)28(36)21-3-7-22(29)8-4-21/h3-8,11-14,23H,2,9-10,15-19H2,1H3. The monoisotopic (exact) mass is 503 g/mol. The van der Waals surface area contributed by atoms with Gasteiger partial charge in [0.2, 0.25) is 5.91 Å². The highest BCUT2D eigenvalue weighted by Gasteiger charge is 2.35. The number of anilines is 1. The molecule has 1 aromatic heterocycles. The Hall–Kier alpha value is -4.01. The van der Waals surface area contributed by atoms with Gasteiger partial charge in [-0.15, -0.1) is 10.2 Å². The number of hydrogen-bond acceptors (Lipinski definition) is 6. The molecular formula is C28H30FN5O3. The van der Waals surface area contributed by atoms with Gasteiger partial charge in [0.25, 0.3) is 5.91 Å². The van der Waals surface area contributed by atoms with Crippen molar-refractivity contribution >= 4 is 17.6 Å². The summed E-state index contributed by atoms with van der Waals surface area (Å²) in [5.74, 6) is 0.888. The first kappa shape index (κ1) is 24.7. The summed E-state index contributed by atoms with van der Waals surface area (Å²) in [4.78, 5) is 31.8. The van der Waals surface area contributed by atoms with E-state index in [2.05, 4.69) is 15.1 Å². The van der Waals surface area contributed by atoms with Crippen molar-refractivity contribution in [1.29, 1.82) is 0 Å². The second-order valence-electron chi connectivity index (χ2n) is 9.40. The van der Waals surface area contributed by atoms with Crippen LogP contribution in [0.25, 0.3) is 11.3 Å². The Labute approximate surface area is 215 Å². The number of benzene rings is 2. The van der Waals surface area contributed by atoms with Crippen molar-refractivity contribution < 1.29 is 18.7 Å². The Morgan fingerprint density at radius 1 is 0.946 bits per heavy atom. The minimum atomic E-state index is -0.389. The molecule has 2 fully saturated rings. The SMILES string of the molecule is COc1ccc(-c2ccc(N3CCCN(C(=O)CN(C(=O)c4ccc(F)cc4)C4CC4)CC3)nn2)cc1. The fraction of sp³-hybridized carbons (Fsp3) is 0.357. The van der Waals surface area contributed by atoms with E-state index in [-0.39, 0.29) is 30.2 Å². The van der Waals surface area contributed by atoms with Gasteiger partial charge in [-0.2, -0.15) is 0 Å². The number of hydrogen-bond donors (Lipinski definition) is 0. The van der Waals surface area contributed by atoms with Gasteiger partial charge in [-0.1, -0.05) is 0 Å². The van der Waals surface area contributed by atoms with E-state index in [1.54, 1.807) is 12.0 Å². The van der Waals surface area contributed by atoms with Gasteiger partial charge in [-0.3, -0.25) is 9.59 Å². The van der Waals surface area contributed by atoms with Gasteiger partial charge in [0.05, 0.1) is 12.8 Å². The van der Waals surface area contributed by atoms with Crippen molar-refractivity contribution in [3.05, 3.63) is 72.0 Å². The molecule has 0 radical (unpaired) electrons. The molecule has 2 amide bonds. The van der Waals surface area contributed by atoms with E-state index in [4.69, 9.17) is 4.74 Å². The van der Waals surface area contributed by atoms with E-state index in [1.807, 2.05) is 41.3 Å². The molecule has 0 bridgehead atoms. The van der Waals surface area contributed by atoms with Crippen molar-refractivity contribution in [3.8, 4) is 17.0 Å². The molecule has 0 atom stereocenters. The van der Waals surface area contributed by atoms with Crippen molar-refractivity contribution in [3.63, 3.8) is 0 Å². The lowest BCUT2D eigenvalue weighted by molar-refractivity contribution is -0.131. The molecule has 1 saturated heterocycles. The van der Waals surface area contributed by atoms with Crippen molar-refractivity contribution in [2.75, 3.05) is 44.7 Å².